The molecule has 1 N–H and O–H groups in total. The molecule has 1 amide bonds. The number of benzene rings is 2. The van der Waals surface area contributed by atoms with E-state index >= 15 is 0 Å². The number of ether oxygens (including phenoxy) is 2. The first-order chi connectivity index (χ1) is 14.8. The zero-order valence-corrected chi connectivity index (χ0v) is 18.0. The number of methoxy groups -OCH3 is 2. The summed E-state index contributed by atoms with van der Waals surface area (Å²) >= 11 is 0. The number of amides is 1. The minimum atomic E-state index is -3.69. The molecule has 164 valence electrons. The van der Waals surface area contributed by atoms with Crippen molar-refractivity contribution in [3.63, 3.8) is 0 Å². The zero-order valence-electron chi connectivity index (χ0n) is 17.2. The molecule has 2 aromatic carbocycles. The second-order valence-corrected chi connectivity index (χ2v) is 8.39. The van der Waals surface area contributed by atoms with Gasteiger partial charge in [-0.2, -0.15) is 4.98 Å². The number of carbonyl (C=O) groups excluding carboxylic acids is 1. The van der Waals surface area contributed by atoms with Crippen molar-refractivity contribution < 1.29 is 27.2 Å². The van der Waals surface area contributed by atoms with Crippen LogP contribution in [0, 0.1) is 0 Å². The summed E-state index contributed by atoms with van der Waals surface area (Å²) in [5, 5.41) is 6.48. The van der Waals surface area contributed by atoms with Crippen LogP contribution in [0.2, 0.25) is 0 Å². The van der Waals surface area contributed by atoms with Gasteiger partial charge in [-0.05, 0) is 36.4 Å². The Morgan fingerprint density at radius 3 is 2.45 bits per heavy atom. The van der Waals surface area contributed by atoms with Crippen LogP contribution < -0.4 is 19.1 Å². The smallest absolute Gasteiger partial charge is 0.246 e. The lowest BCUT2D eigenvalue weighted by Crippen LogP contribution is -2.40. The van der Waals surface area contributed by atoms with Gasteiger partial charge in [0.05, 0.1) is 32.7 Å². The molecule has 10 nitrogen and oxygen atoms in total. The molecule has 0 radical (unpaired) electrons. The summed E-state index contributed by atoms with van der Waals surface area (Å²) in [4.78, 5) is 16.6. The topological polar surface area (TPSA) is 124 Å². The Bertz CT molecular complexity index is 1140. The van der Waals surface area contributed by atoms with Gasteiger partial charge in [0.15, 0.2) is 0 Å². The van der Waals surface area contributed by atoms with Crippen LogP contribution in [0.25, 0.3) is 11.4 Å². The summed E-state index contributed by atoms with van der Waals surface area (Å²) in [6, 6.07) is 13.5. The third kappa shape index (κ3) is 5.72. The fourth-order valence-corrected chi connectivity index (χ4v) is 3.57. The lowest BCUT2D eigenvalue weighted by Gasteiger charge is -2.21. The average molecular weight is 446 g/mol. The zero-order chi connectivity index (χ0) is 22.4. The molecule has 1 aromatic heterocycles. The van der Waals surface area contributed by atoms with Gasteiger partial charge in [-0.25, -0.2) is 8.42 Å². The van der Waals surface area contributed by atoms with Gasteiger partial charge >= 0.3 is 0 Å². The van der Waals surface area contributed by atoms with Crippen molar-refractivity contribution >= 4 is 21.6 Å². The molecule has 0 unspecified atom stereocenters. The molecule has 0 aliphatic rings. The second kappa shape index (κ2) is 9.47. The second-order valence-electron chi connectivity index (χ2n) is 6.49. The van der Waals surface area contributed by atoms with Crippen molar-refractivity contribution in [2.24, 2.45) is 0 Å². The molecule has 0 fully saturated rings. The highest BCUT2D eigenvalue weighted by atomic mass is 32.2. The summed E-state index contributed by atoms with van der Waals surface area (Å²) in [5.41, 5.74) is 1.04. The van der Waals surface area contributed by atoms with Gasteiger partial charge in [-0.1, -0.05) is 17.3 Å². The third-order valence-electron chi connectivity index (χ3n) is 4.28. The van der Waals surface area contributed by atoms with Crippen LogP contribution in [0.1, 0.15) is 5.89 Å². The number of aromatic nitrogens is 2. The summed E-state index contributed by atoms with van der Waals surface area (Å²) in [5.74, 6) is 1.23. The van der Waals surface area contributed by atoms with Gasteiger partial charge in [0, 0.05) is 5.56 Å². The maximum absolute atomic E-state index is 12.4. The predicted octanol–water partition coefficient (Wildman–Crippen LogP) is 1.84. The van der Waals surface area contributed by atoms with Gasteiger partial charge in [0.1, 0.15) is 18.0 Å². The van der Waals surface area contributed by atoms with Crippen LogP contribution in [0.15, 0.2) is 53.1 Å². The first-order valence-corrected chi connectivity index (χ1v) is 11.0. The number of nitrogens with one attached hydrogen (secondary N) is 1. The summed E-state index contributed by atoms with van der Waals surface area (Å²) < 4.78 is 40.7. The molecule has 0 atom stereocenters. The van der Waals surface area contributed by atoms with E-state index in [2.05, 4.69) is 15.5 Å². The average Bonchev–Trinajstić information content (AvgIpc) is 3.24. The minimum absolute atomic E-state index is 0.0456. The summed E-state index contributed by atoms with van der Waals surface area (Å²) in [7, 11) is -0.620. The van der Waals surface area contributed by atoms with E-state index in [1.54, 1.807) is 55.6 Å². The van der Waals surface area contributed by atoms with E-state index in [1.807, 2.05) is 0 Å². The minimum Gasteiger partial charge on any atom is -0.497 e. The largest absolute Gasteiger partial charge is 0.497 e. The van der Waals surface area contributed by atoms with Gasteiger partial charge in [0.25, 0.3) is 0 Å². The van der Waals surface area contributed by atoms with E-state index in [9.17, 15) is 13.2 Å². The van der Waals surface area contributed by atoms with E-state index in [4.69, 9.17) is 14.0 Å². The van der Waals surface area contributed by atoms with Gasteiger partial charge in [0.2, 0.25) is 27.6 Å². The number of hydrogen-bond donors (Lipinski definition) is 1. The molecule has 1 heterocycles. The Hall–Kier alpha value is -3.60. The van der Waals surface area contributed by atoms with Crippen molar-refractivity contribution in [3.05, 3.63) is 54.4 Å². The quantitative estimate of drug-likeness (QED) is 0.528. The van der Waals surface area contributed by atoms with Gasteiger partial charge in [-0.3, -0.25) is 9.10 Å². The summed E-state index contributed by atoms with van der Waals surface area (Å²) in [6.07, 6.45) is 1.03. The fourth-order valence-electron chi connectivity index (χ4n) is 2.72. The molecule has 31 heavy (non-hydrogen) atoms. The predicted molar refractivity (Wildman–Crippen MR) is 113 cm³/mol. The Labute approximate surface area is 179 Å². The third-order valence-corrected chi connectivity index (χ3v) is 5.42. The Morgan fingerprint density at radius 1 is 1.10 bits per heavy atom. The highest BCUT2D eigenvalue weighted by Gasteiger charge is 2.21. The van der Waals surface area contributed by atoms with Crippen molar-refractivity contribution in [1.82, 2.24) is 15.5 Å². The number of hydrogen-bond acceptors (Lipinski definition) is 8. The van der Waals surface area contributed by atoms with E-state index in [-0.39, 0.29) is 12.4 Å². The Kier molecular flexibility index (Phi) is 6.75. The Balaban J connectivity index is 1.64. The molecule has 0 aliphatic heterocycles. The van der Waals surface area contributed by atoms with Crippen LogP contribution >= 0.6 is 0 Å². The van der Waals surface area contributed by atoms with Crippen LogP contribution in [0.5, 0.6) is 11.5 Å². The molecule has 0 aliphatic carbocycles. The van der Waals surface area contributed by atoms with E-state index in [0.717, 1.165) is 10.6 Å². The van der Waals surface area contributed by atoms with Crippen molar-refractivity contribution in [3.8, 4) is 22.9 Å². The molecule has 0 spiro atoms. The SMILES string of the molecule is COc1ccc(N(CC(=O)NCc2nc(-c3cccc(OC)c3)no2)S(C)(=O)=O)cc1. The normalized spacial score (nSPS) is 11.1. The number of carbonyl (C=O) groups is 1. The lowest BCUT2D eigenvalue weighted by atomic mass is 10.2. The van der Waals surface area contributed by atoms with Crippen molar-refractivity contribution in [2.75, 3.05) is 31.3 Å². The maximum atomic E-state index is 12.4. The van der Waals surface area contributed by atoms with Crippen LogP contribution in [-0.2, 0) is 21.4 Å². The van der Waals surface area contributed by atoms with Crippen LogP contribution in [0.4, 0.5) is 5.69 Å². The number of anilines is 1. The van der Waals surface area contributed by atoms with Crippen molar-refractivity contribution in [2.45, 2.75) is 6.54 Å². The van der Waals surface area contributed by atoms with E-state index in [0.29, 0.717) is 28.6 Å². The summed E-state index contributed by atoms with van der Waals surface area (Å²) in [6.45, 7) is -0.446. The molecule has 0 saturated carbocycles. The van der Waals surface area contributed by atoms with E-state index in [1.165, 1.54) is 7.11 Å². The first kappa shape index (κ1) is 22.1. The van der Waals surface area contributed by atoms with Crippen LogP contribution in [0.3, 0.4) is 0 Å². The van der Waals surface area contributed by atoms with E-state index < -0.39 is 22.5 Å². The molecule has 11 heteroatoms. The highest BCUT2D eigenvalue weighted by molar-refractivity contribution is 7.92. The monoisotopic (exact) mass is 446 g/mol. The maximum Gasteiger partial charge on any atom is 0.246 e. The van der Waals surface area contributed by atoms with Gasteiger partial charge in [-0.15, -0.1) is 0 Å². The number of nitrogens with zero attached hydrogens (tertiary/aromatic N) is 3. The fraction of sp³-hybridized carbons (Fsp3) is 0.250. The molecule has 0 saturated heterocycles. The first-order valence-electron chi connectivity index (χ1n) is 9.15. The standard InChI is InChI=1S/C20H22N4O6S/c1-28-16-9-7-15(8-10-16)24(31(3,26)27)13-18(25)21-12-19-22-20(23-30-19)14-5-4-6-17(11-14)29-2/h4-11H,12-13H2,1-3H3,(H,21,25). The molecular weight excluding hydrogens is 424 g/mol. The molecular formula is C20H22N4O6S. The molecule has 3 rings (SSSR count). The van der Waals surface area contributed by atoms with Crippen LogP contribution in [-0.4, -0.2) is 51.5 Å². The number of sulfonamides is 1. The lowest BCUT2D eigenvalue weighted by molar-refractivity contribution is -0.119. The van der Waals surface area contributed by atoms with Gasteiger partial charge < -0.3 is 19.3 Å². The number of rotatable bonds is 9. The molecule has 3 aromatic rings. The van der Waals surface area contributed by atoms with Crippen molar-refractivity contribution in [1.29, 1.82) is 0 Å². The highest BCUT2D eigenvalue weighted by Crippen LogP contribution is 2.22. The Morgan fingerprint density at radius 2 is 1.81 bits per heavy atom. The molecule has 0 bridgehead atoms.